The Bertz CT molecular complexity index is 437. The molecule has 0 aromatic carbocycles. The summed E-state index contributed by atoms with van der Waals surface area (Å²) in [6.45, 7) is 6.77. The first-order valence-corrected chi connectivity index (χ1v) is 17.0. The van der Waals surface area contributed by atoms with Crippen molar-refractivity contribution < 1.29 is 64.4 Å². The zero-order valence-corrected chi connectivity index (χ0v) is 28.7. The van der Waals surface area contributed by atoms with Crippen LogP contribution in [-0.4, -0.2) is 18.7 Å². The molecule has 0 saturated heterocycles. The first-order chi connectivity index (χ1) is 16.5. The van der Waals surface area contributed by atoms with Crippen LogP contribution in [0.15, 0.2) is 0 Å². The minimum atomic E-state index is -3.98. The zero-order valence-electron chi connectivity index (χ0n) is 24.7. The van der Waals surface area contributed by atoms with Crippen molar-refractivity contribution in [3.05, 3.63) is 0 Å². The van der Waals surface area contributed by atoms with Crippen LogP contribution in [0.4, 0.5) is 0 Å². The van der Waals surface area contributed by atoms with Gasteiger partial charge in [-0.2, -0.15) is 0 Å². The van der Waals surface area contributed by atoms with Crippen molar-refractivity contribution in [3.63, 3.8) is 0 Å². The van der Waals surface area contributed by atoms with E-state index in [0.29, 0.717) is 6.42 Å². The average molecular weight is 543 g/mol. The van der Waals surface area contributed by atoms with Gasteiger partial charge in [-0.3, -0.25) is 0 Å². The normalized spacial score (nSPS) is 11.1. The molecule has 3 nitrogen and oxygen atoms in total. The number of rotatable bonds is 26. The van der Waals surface area contributed by atoms with Gasteiger partial charge in [-0.05, 0) is 6.42 Å². The summed E-state index contributed by atoms with van der Waals surface area (Å²) in [6, 6.07) is 0. The first-order valence-electron chi connectivity index (χ1n) is 15.4. The van der Waals surface area contributed by atoms with Crippen molar-refractivity contribution in [2.24, 2.45) is 0 Å². The maximum Gasteiger partial charge on any atom is 1.00 e. The Hall–Kier alpha value is 1.55. The average Bonchev–Trinajstić information content (AvgIpc) is 2.80. The van der Waals surface area contributed by atoms with Crippen LogP contribution in [-0.2, 0) is 10.1 Å². The Morgan fingerprint density at radius 3 is 0.714 bits per heavy atom. The molecule has 0 amide bonds. The Morgan fingerprint density at radius 1 is 0.371 bits per heavy atom. The quantitative estimate of drug-likeness (QED) is 0.0638. The van der Waals surface area contributed by atoms with E-state index in [1.807, 2.05) is 0 Å². The molecule has 0 rings (SSSR count). The van der Waals surface area contributed by atoms with Crippen molar-refractivity contribution in [2.75, 3.05) is 5.75 Å². The number of hydrogen-bond acceptors (Lipinski definition) is 3. The molecule has 0 saturated carbocycles. The Kier molecular flexibility index (Phi) is 41.7. The molecule has 0 spiro atoms. The van der Waals surface area contributed by atoms with Gasteiger partial charge in [0, 0.05) is 5.75 Å². The molecule has 5 heteroatoms. The molecule has 0 N–H and O–H groups in total. The SMILES string of the molecule is CCCCCCCCCCCCCCCCCCCC.CCCCCCCCCCS(=O)(=O)[O-].[K+]. The van der Waals surface area contributed by atoms with Crippen LogP contribution in [0.5, 0.6) is 0 Å². The second-order valence-corrected chi connectivity index (χ2v) is 11.9. The van der Waals surface area contributed by atoms with Crippen molar-refractivity contribution in [1.29, 1.82) is 0 Å². The van der Waals surface area contributed by atoms with E-state index in [4.69, 9.17) is 0 Å². The Labute approximate surface area is 265 Å². The molecule has 0 aromatic heterocycles. The minimum absolute atomic E-state index is 0. The van der Waals surface area contributed by atoms with E-state index in [2.05, 4.69) is 20.8 Å². The number of hydrogen-bond donors (Lipinski definition) is 0. The summed E-state index contributed by atoms with van der Waals surface area (Å²) in [7, 11) is -3.98. The van der Waals surface area contributed by atoms with Gasteiger partial charge < -0.3 is 4.55 Å². The maximum atomic E-state index is 10.2. The van der Waals surface area contributed by atoms with Crippen LogP contribution < -0.4 is 51.4 Å². The van der Waals surface area contributed by atoms with E-state index in [1.54, 1.807) is 0 Å². The molecule has 0 aromatic rings. The maximum absolute atomic E-state index is 10.2. The summed E-state index contributed by atoms with van der Waals surface area (Å²) in [5.74, 6) is -0.193. The summed E-state index contributed by atoms with van der Waals surface area (Å²) < 4.78 is 30.7. The summed E-state index contributed by atoms with van der Waals surface area (Å²) in [6.07, 6.45) is 35.1. The fourth-order valence-corrected chi connectivity index (χ4v) is 4.95. The third kappa shape index (κ3) is 45.8. The molecular weight excluding hydrogens is 479 g/mol. The van der Waals surface area contributed by atoms with Crippen molar-refractivity contribution in [3.8, 4) is 0 Å². The molecule has 0 bridgehead atoms. The predicted octanol–water partition coefficient (Wildman–Crippen LogP) is 7.72. The minimum Gasteiger partial charge on any atom is -0.748 e. The molecular formula is C30H63KO3S. The van der Waals surface area contributed by atoms with E-state index in [9.17, 15) is 13.0 Å². The van der Waals surface area contributed by atoms with E-state index in [-0.39, 0.29) is 57.1 Å². The third-order valence-corrected chi connectivity index (χ3v) is 7.49. The molecule has 0 radical (unpaired) electrons. The zero-order chi connectivity index (χ0) is 25.6. The van der Waals surface area contributed by atoms with Crippen LogP contribution in [0.2, 0.25) is 0 Å². The van der Waals surface area contributed by atoms with Gasteiger partial charge in [-0.25, -0.2) is 8.42 Å². The summed E-state index contributed by atoms with van der Waals surface area (Å²) in [5, 5.41) is 0. The molecule has 0 aliphatic heterocycles. The van der Waals surface area contributed by atoms with Gasteiger partial charge in [-0.1, -0.05) is 181 Å². The molecule has 0 aliphatic rings. The van der Waals surface area contributed by atoms with Gasteiger partial charge in [-0.15, -0.1) is 0 Å². The van der Waals surface area contributed by atoms with Crippen LogP contribution in [0.1, 0.15) is 188 Å². The van der Waals surface area contributed by atoms with Crippen LogP contribution in [0.25, 0.3) is 0 Å². The van der Waals surface area contributed by atoms with Crippen LogP contribution >= 0.6 is 0 Å². The monoisotopic (exact) mass is 542 g/mol. The second kappa shape index (κ2) is 35.5. The summed E-state index contributed by atoms with van der Waals surface area (Å²) >= 11 is 0. The molecule has 208 valence electrons. The summed E-state index contributed by atoms with van der Waals surface area (Å²) in [4.78, 5) is 0. The van der Waals surface area contributed by atoms with Gasteiger partial charge in [0.15, 0.2) is 0 Å². The fraction of sp³-hybridized carbons (Fsp3) is 1.00. The van der Waals surface area contributed by atoms with Gasteiger partial charge in [0.05, 0.1) is 10.1 Å². The number of unbranched alkanes of at least 4 members (excludes halogenated alkanes) is 24. The van der Waals surface area contributed by atoms with Gasteiger partial charge in [0.25, 0.3) is 0 Å². The Morgan fingerprint density at radius 2 is 0.543 bits per heavy atom. The third-order valence-electron chi connectivity index (χ3n) is 6.70. The van der Waals surface area contributed by atoms with E-state index < -0.39 is 10.1 Å². The van der Waals surface area contributed by atoms with Crippen molar-refractivity contribution in [1.82, 2.24) is 0 Å². The first kappa shape index (κ1) is 41.0. The van der Waals surface area contributed by atoms with Crippen LogP contribution in [0.3, 0.4) is 0 Å². The Balaban J connectivity index is -0.000000603. The molecule has 0 unspecified atom stereocenters. The van der Waals surface area contributed by atoms with E-state index >= 15 is 0 Å². The molecule has 0 fully saturated rings. The van der Waals surface area contributed by atoms with E-state index in [1.165, 1.54) is 148 Å². The van der Waals surface area contributed by atoms with Gasteiger partial charge in [0.1, 0.15) is 0 Å². The smallest absolute Gasteiger partial charge is 0.748 e. The van der Waals surface area contributed by atoms with Gasteiger partial charge in [0.2, 0.25) is 0 Å². The standard InChI is InChI=1S/C20H42.C10H22O3S.K/c1-3-5-7-9-11-13-15-17-19-20-18-16-14-12-10-8-6-4-2;1-2-3-4-5-6-7-8-9-10-14(11,12)13;/h3-20H2,1-2H3;2-10H2,1H3,(H,11,12,13);/q;;+1/p-1. The molecule has 0 heterocycles. The fourth-order valence-electron chi connectivity index (χ4n) is 4.39. The molecule has 35 heavy (non-hydrogen) atoms. The molecule has 0 atom stereocenters. The largest absolute Gasteiger partial charge is 1.00 e. The van der Waals surface area contributed by atoms with E-state index in [0.717, 1.165) is 12.8 Å². The van der Waals surface area contributed by atoms with Crippen LogP contribution in [0, 0.1) is 0 Å². The van der Waals surface area contributed by atoms with Gasteiger partial charge >= 0.3 is 51.4 Å². The topological polar surface area (TPSA) is 57.2 Å². The van der Waals surface area contributed by atoms with Crippen molar-refractivity contribution in [2.45, 2.75) is 188 Å². The molecule has 0 aliphatic carbocycles. The second-order valence-electron chi connectivity index (χ2n) is 10.4. The van der Waals surface area contributed by atoms with Crippen molar-refractivity contribution >= 4 is 10.1 Å². The predicted molar refractivity (Wildman–Crippen MR) is 152 cm³/mol. The summed E-state index contributed by atoms with van der Waals surface area (Å²) in [5.41, 5.74) is 0.